The smallest absolute Gasteiger partial charge is 0.221 e. The molecule has 1 unspecified atom stereocenters. The molecule has 0 saturated heterocycles. The van der Waals surface area contributed by atoms with Gasteiger partial charge in [-0.2, -0.15) is 0 Å². The van der Waals surface area contributed by atoms with E-state index in [1.165, 1.54) is 12.8 Å². The monoisotopic (exact) mass is 269 g/mol. The van der Waals surface area contributed by atoms with Gasteiger partial charge in [-0.05, 0) is 52.2 Å². The summed E-state index contributed by atoms with van der Waals surface area (Å²) in [6.45, 7) is 10.7. The molecule has 1 saturated carbocycles. The van der Waals surface area contributed by atoms with E-state index < -0.39 is 0 Å². The number of hydrogen-bond acceptors (Lipinski definition) is 3. The third-order valence-corrected chi connectivity index (χ3v) is 3.78. The molecule has 1 amide bonds. The van der Waals surface area contributed by atoms with Crippen molar-refractivity contribution >= 4 is 5.91 Å². The van der Waals surface area contributed by atoms with Crippen LogP contribution in [0.4, 0.5) is 0 Å². The standard InChI is InChI=1S/C15H31N3O/c1-4-18(5-2)12-6-7-13(3)17-15(19)10-11-16-14-8-9-14/h13-14,16H,4-12H2,1-3H3,(H,17,19). The normalized spacial score (nSPS) is 16.6. The van der Waals surface area contributed by atoms with E-state index in [4.69, 9.17) is 0 Å². The van der Waals surface area contributed by atoms with Gasteiger partial charge in [-0.15, -0.1) is 0 Å². The van der Waals surface area contributed by atoms with Crippen LogP contribution >= 0.6 is 0 Å². The zero-order valence-corrected chi connectivity index (χ0v) is 12.9. The first kappa shape index (κ1) is 16.4. The quantitative estimate of drug-likeness (QED) is 0.601. The highest BCUT2D eigenvalue weighted by molar-refractivity contribution is 5.76. The highest BCUT2D eigenvalue weighted by Crippen LogP contribution is 2.18. The molecule has 1 aliphatic carbocycles. The lowest BCUT2D eigenvalue weighted by Gasteiger charge is -2.19. The van der Waals surface area contributed by atoms with Gasteiger partial charge in [-0.25, -0.2) is 0 Å². The Bertz CT molecular complexity index is 250. The fourth-order valence-corrected chi connectivity index (χ4v) is 2.26. The minimum Gasteiger partial charge on any atom is -0.354 e. The molecule has 2 N–H and O–H groups in total. The average Bonchev–Trinajstić information content (AvgIpc) is 3.18. The third kappa shape index (κ3) is 8.22. The Labute approximate surface area is 118 Å². The van der Waals surface area contributed by atoms with Crippen molar-refractivity contribution in [3.05, 3.63) is 0 Å². The number of rotatable bonds is 11. The Hall–Kier alpha value is -0.610. The van der Waals surface area contributed by atoms with Gasteiger partial charge in [0.25, 0.3) is 0 Å². The van der Waals surface area contributed by atoms with Crippen molar-refractivity contribution in [3.63, 3.8) is 0 Å². The Morgan fingerprint density at radius 1 is 1.32 bits per heavy atom. The molecule has 0 aromatic carbocycles. The molecule has 0 bridgehead atoms. The molecular formula is C15H31N3O. The van der Waals surface area contributed by atoms with Gasteiger partial charge in [0.1, 0.15) is 0 Å². The first-order valence-electron chi connectivity index (χ1n) is 7.90. The first-order valence-corrected chi connectivity index (χ1v) is 7.90. The van der Waals surface area contributed by atoms with Crippen molar-refractivity contribution in [2.24, 2.45) is 0 Å². The van der Waals surface area contributed by atoms with Crippen LogP contribution < -0.4 is 10.6 Å². The van der Waals surface area contributed by atoms with Crippen LogP contribution in [0.25, 0.3) is 0 Å². The second kappa shape index (κ2) is 9.32. The number of hydrogen-bond donors (Lipinski definition) is 2. The largest absolute Gasteiger partial charge is 0.354 e. The number of amides is 1. The van der Waals surface area contributed by atoms with Gasteiger partial charge in [0.15, 0.2) is 0 Å². The molecule has 1 fully saturated rings. The molecule has 0 spiro atoms. The lowest BCUT2D eigenvalue weighted by atomic mass is 10.1. The Kier molecular flexibility index (Phi) is 8.07. The van der Waals surface area contributed by atoms with Gasteiger partial charge in [-0.1, -0.05) is 13.8 Å². The van der Waals surface area contributed by atoms with Crippen LogP contribution in [0.1, 0.15) is 52.9 Å². The van der Waals surface area contributed by atoms with Crippen LogP contribution in [0.15, 0.2) is 0 Å². The van der Waals surface area contributed by atoms with Gasteiger partial charge >= 0.3 is 0 Å². The summed E-state index contributed by atoms with van der Waals surface area (Å²) in [4.78, 5) is 14.1. The predicted molar refractivity (Wildman–Crippen MR) is 80.3 cm³/mol. The van der Waals surface area contributed by atoms with Gasteiger partial charge in [-0.3, -0.25) is 4.79 Å². The van der Waals surface area contributed by atoms with Gasteiger partial charge in [0.05, 0.1) is 0 Å². The maximum Gasteiger partial charge on any atom is 0.221 e. The van der Waals surface area contributed by atoms with Crippen molar-refractivity contribution < 1.29 is 4.79 Å². The lowest BCUT2D eigenvalue weighted by molar-refractivity contribution is -0.121. The molecule has 1 atom stereocenters. The summed E-state index contributed by atoms with van der Waals surface area (Å²) in [5.74, 6) is 0.184. The topological polar surface area (TPSA) is 44.4 Å². The van der Waals surface area contributed by atoms with Gasteiger partial charge < -0.3 is 15.5 Å². The summed E-state index contributed by atoms with van der Waals surface area (Å²) in [5, 5.41) is 6.45. The van der Waals surface area contributed by atoms with Crippen molar-refractivity contribution in [3.8, 4) is 0 Å². The number of nitrogens with one attached hydrogen (secondary N) is 2. The van der Waals surface area contributed by atoms with Crippen LogP contribution in [-0.4, -0.2) is 49.1 Å². The molecule has 112 valence electrons. The third-order valence-electron chi connectivity index (χ3n) is 3.78. The van der Waals surface area contributed by atoms with E-state index in [0.717, 1.165) is 39.0 Å². The fourth-order valence-electron chi connectivity index (χ4n) is 2.26. The van der Waals surface area contributed by atoms with E-state index in [0.29, 0.717) is 18.5 Å². The van der Waals surface area contributed by atoms with Gasteiger partial charge in [0.2, 0.25) is 5.91 Å². The molecule has 4 heteroatoms. The summed E-state index contributed by atoms with van der Waals surface area (Å²) < 4.78 is 0. The maximum absolute atomic E-state index is 11.7. The molecule has 0 aromatic rings. The molecule has 19 heavy (non-hydrogen) atoms. The van der Waals surface area contributed by atoms with Crippen LogP contribution in [0.2, 0.25) is 0 Å². The molecule has 0 aliphatic heterocycles. The SMILES string of the molecule is CCN(CC)CCCC(C)NC(=O)CCNC1CC1. The number of carbonyl (C=O) groups excluding carboxylic acids is 1. The minimum absolute atomic E-state index is 0.184. The molecule has 1 aliphatic rings. The highest BCUT2D eigenvalue weighted by atomic mass is 16.1. The second-order valence-electron chi connectivity index (χ2n) is 5.62. The summed E-state index contributed by atoms with van der Waals surface area (Å²) in [6.07, 6.45) is 5.39. The molecule has 0 heterocycles. The molecule has 0 aromatic heterocycles. The van der Waals surface area contributed by atoms with E-state index in [1.54, 1.807) is 0 Å². The van der Waals surface area contributed by atoms with E-state index in [2.05, 4.69) is 36.3 Å². The van der Waals surface area contributed by atoms with E-state index in [9.17, 15) is 4.79 Å². The Morgan fingerprint density at radius 3 is 2.58 bits per heavy atom. The van der Waals surface area contributed by atoms with Crippen molar-refractivity contribution in [2.75, 3.05) is 26.2 Å². The zero-order valence-electron chi connectivity index (χ0n) is 12.9. The molecule has 0 radical (unpaired) electrons. The molecular weight excluding hydrogens is 238 g/mol. The zero-order chi connectivity index (χ0) is 14.1. The summed E-state index contributed by atoms with van der Waals surface area (Å²) in [6, 6.07) is 0.989. The van der Waals surface area contributed by atoms with Crippen molar-refractivity contribution in [1.29, 1.82) is 0 Å². The second-order valence-corrected chi connectivity index (χ2v) is 5.62. The summed E-state index contributed by atoms with van der Waals surface area (Å²) in [5.41, 5.74) is 0. The number of nitrogens with zero attached hydrogens (tertiary/aromatic N) is 1. The Balaban J connectivity index is 1.98. The van der Waals surface area contributed by atoms with Gasteiger partial charge in [0, 0.05) is 25.0 Å². The highest BCUT2D eigenvalue weighted by Gasteiger charge is 2.20. The van der Waals surface area contributed by atoms with Crippen LogP contribution in [-0.2, 0) is 4.79 Å². The number of carbonyl (C=O) groups is 1. The van der Waals surface area contributed by atoms with Crippen LogP contribution in [0, 0.1) is 0 Å². The van der Waals surface area contributed by atoms with Crippen LogP contribution in [0.5, 0.6) is 0 Å². The summed E-state index contributed by atoms with van der Waals surface area (Å²) >= 11 is 0. The predicted octanol–water partition coefficient (Wildman–Crippen LogP) is 1.76. The maximum atomic E-state index is 11.7. The summed E-state index contributed by atoms with van der Waals surface area (Å²) in [7, 11) is 0. The minimum atomic E-state index is 0.184. The first-order chi connectivity index (χ1) is 9.15. The van der Waals surface area contributed by atoms with E-state index in [-0.39, 0.29) is 5.91 Å². The van der Waals surface area contributed by atoms with E-state index in [1.807, 2.05) is 0 Å². The lowest BCUT2D eigenvalue weighted by Crippen LogP contribution is -2.35. The molecule has 1 rings (SSSR count). The van der Waals surface area contributed by atoms with E-state index >= 15 is 0 Å². The Morgan fingerprint density at radius 2 is 2.00 bits per heavy atom. The van der Waals surface area contributed by atoms with Crippen molar-refractivity contribution in [2.45, 2.75) is 65.0 Å². The molecule has 4 nitrogen and oxygen atoms in total. The van der Waals surface area contributed by atoms with Crippen LogP contribution in [0.3, 0.4) is 0 Å². The fraction of sp³-hybridized carbons (Fsp3) is 0.933. The average molecular weight is 269 g/mol. The van der Waals surface area contributed by atoms with Crippen molar-refractivity contribution in [1.82, 2.24) is 15.5 Å².